The highest BCUT2D eigenvalue weighted by Crippen LogP contribution is 2.50. The van der Waals surface area contributed by atoms with E-state index >= 15 is 9.59 Å². The molecule has 0 aliphatic carbocycles. The first-order chi connectivity index (χ1) is 45.5. The minimum Gasteiger partial charge on any atom is -0.444 e. The van der Waals surface area contributed by atoms with Crippen LogP contribution in [0.25, 0.3) is 0 Å². The Bertz CT molecular complexity index is 3340. The largest absolute Gasteiger partial charge is 0.444 e. The van der Waals surface area contributed by atoms with Gasteiger partial charge in [0.2, 0.25) is 0 Å². The van der Waals surface area contributed by atoms with Crippen LogP contribution in [0.1, 0.15) is 161 Å². The molecule has 18 atom stereocenters. The van der Waals surface area contributed by atoms with Gasteiger partial charge in [0.05, 0.1) is 67.6 Å². The molecule has 96 heavy (non-hydrogen) atoms. The lowest BCUT2D eigenvalue weighted by molar-refractivity contribution is -0.254. The number of hydrogen-bond donors (Lipinski definition) is 0. The fourth-order valence-electron chi connectivity index (χ4n) is 17.5. The number of fused-ring (bicyclic) bond motifs is 7. The van der Waals surface area contributed by atoms with E-state index in [-0.39, 0.29) is 91.3 Å². The van der Waals surface area contributed by atoms with Crippen molar-refractivity contribution in [2.75, 3.05) is 6.54 Å². The molecule has 2 unspecified atom stereocenters. The number of Topliss-reactive ketones (excluding diaryl/α,β-unsaturated/α-hetero) is 1. The summed E-state index contributed by atoms with van der Waals surface area (Å²) in [4.78, 5) is 45.8. The second-order valence-corrected chi connectivity index (χ2v) is 41.1. The number of allylic oxidation sites excluding steroid dienone is 1. The summed E-state index contributed by atoms with van der Waals surface area (Å²) in [6.07, 6.45) is 1.54. The molecular weight excluding hydrogens is 1240 g/mol. The van der Waals surface area contributed by atoms with Gasteiger partial charge in [-0.15, -0.1) is 0 Å². The summed E-state index contributed by atoms with van der Waals surface area (Å²) in [7, 11) is -6.79. The number of hydrogen-bond acceptors (Lipinski definition) is 13. The fourth-order valence-corrected chi connectivity index (χ4v) is 26.9. The molecular formula is C80H107NO13Si2. The zero-order chi connectivity index (χ0) is 68.3. The molecule has 8 bridgehead atoms. The zero-order valence-electron chi connectivity index (χ0n) is 59.2. The van der Waals surface area contributed by atoms with Crippen molar-refractivity contribution in [1.82, 2.24) is 4.90 Å². The van der Waals surface area contributed by atoms with Crippen molar-refractivity contribution >= 4 is 55.0 Å². The van der Waals surface area contributed by atoms with Crippen molar-refractivity contribution in [3.63, 3.8) is 0 Å². The molecule has 0 saturated carbocycles. The molecule has 4 aromatic carbocycles. The van der Waals surface area contributed by atoms with E-state index in [0.29, 0.717) is 45.1 Å². The van der Waals surface area contributed by atoms with Crippen LogP contribution in [-0.4, -0.2) is 149 Å². The quantitative estimate of drug-likeness (QED) is 0.110. The molecule has 7 saturated heterocycles. The van der Waals surface area contributed by atoms with Gasteiger partial charge in [0.25, 0.3) is 16.6 Å². The standard InChI is InChI=1S/C80H107NO13Si2/c1-50-42-57-38-40-65-51(2)43-56(85-65)37-36-54(82)46-70-72(93-95(78(8,9)10,60-28-20-16-21-29-60)61-30-22-17-23-31-61)73-74(90-70)75(94-96(79(11,12)13,62-32-24-18-25-33-62)63-34-26-19-27-35-63)71-66(89-73)41-39-58(87-71)44-55(83)45-64-53(4)67(88-69(64)48-68(86-57)52(50)3)47-59-49-81(80(14,15)91-59)76(84)92-77(5,6)7/h16-37,50,53,56-59,64-75H,2-3,38-49H2,1,4-15H3/b37-36+/t50-,53-,56+,57+,58-,59+,64-,65?,66+,67-,68-,69?,70-,71+,72+,73+,74-,75+/m1/s1. The summed E-state index contributed by atoms with van der Waals surface area (Å²) in [5.74, 6) is -0.0427. The highest BCUT2D eigenvalue weighted by molar-refractivity contribution is 7.00. The van der Waals surface area contributed by atoms with Crippen LogP contribution >= 0.6 is 0 Å². The smallest absolute Gasteiger partial charge is 0.412 e. The van der Waals surface area contributed by atoms with Crippen molar-refractivity contribution in [1.29, 1.82) is 0 Å². The van der Waals surface area contributed by atoms with Crippen LogP contribution in [0, 0.1) is 17.8 Å². The third kappa shape index (κ3) is 14.4. The summed E-state index contributed by atoms with van der Waals surface area (Å²) >= 11 is 0. The Morgan fingerprint density at radius 2 is 1.12 bits per heavy atom. The third-order valence-corrected chi connectivity index (χ3v) is 32.3. The molecule has 1 amide bonds. The number of nitrogens with zero attached hydrogens (tertiary/aromatic N) is 1. The van der Waals surface area contributed by atoms with Crippen LogP contribution < -0.4 is 20.7 Å². The van der Waals surface area contributed by atoms with Crippen LogP contribution in [0.2, 0.25) is 10.1 Å². The summed E-state index contributed by atoms with van der Waals surface area (Å²) in [5, 5.41) is 3.54. The summed E-state index contributed by atoms with van der Waals surface area (Å²) in [5.41, 5.74) is 0.461. The van der Waals surface area contributed by atoms with Crippen molar-refractivity contribution in [2.24, 2.45) is 17.8 Å². The number of rotatable bonds is 10. The van der Waals surface area contributed by atoms with Crippen molar-refractivity contribution in [2.45, 2.75) is 274 Å². The maximum Gasteiger partial charge on any atom is 0.412 e. The third-order valence-electron chi connectivity index (χ3n) is 22.3. The number of benzene rings is 4. The molecule has 7 fully saturated rings. The van der Waals surface area contributed by atoms with Gasteiger partial charge in [-0.05, 0) is 133 Å². The fraction of sp³-hybridized carbons (Fsp3) is 0.588. The van der Waals surface area contributed by atoms with E-state index in [2.05, 4.69) is 190 Å². The van der Waals surface area contributed by atoms with Crippen molar-refractivity contribution < 1.29 is 61.1 Å². The van der Waals surface area contributed by atoms with E-state index < -0.39 is 93.0 Å². The van der Waals surface area contributed by atoms with Crippen LogP contribution in [0.5, 0.6) is 0 Å². The van der Waals surface area contributed by atoms with Crippen LogP contribution in [0.15, 0.2) is 158 Å². The zero-order valence-corrected chi connectivity index (χ0v) is 61.2. The van der Waals surface area contributed by atoms with Gasteiger partial charge in [-0.3, -0.25) is 14.5 Å². The Morgan fingerprint density at radius 1 is 0.583 bits per heavy atom. The second-order valence-electron chi connectivity index (χ2n) is 32.6. The topological polar surface area (TPSA) is 147 Å². The Hall–Kier alpha value is -5.22. The average Bonchev–Trinajstić information content (AvgIpc) is 1.36. The Labute approximate surface area is 573 Å². The lowest BCUT2D eigenvalue weighted by Gasteiger charge is -2.53. The number of ketones is 2. The van der Waals surface area contributed by atoms with Crippen molar-refractivity contribution in [3.8, 4) is 0 Å². The molecule has 16 heteroatoms. The van der Waals surface area contributed by atoms with Gasteiger partial charge >= 0.3 is 6.09 Å². The number of amides is 1. The first kappa shape index (κ1) is 70.6. The predicted octanol–water partition coefficient (Wildman–Crippen LogP) is 12.9. The summed E-state index contributed by atoms with van der Waals surface area (Å²) in [6.45, 7) is 37.1. The molecule has 8 heterocycles. The van der Waals surface area contributed by atoms with Gasteiger partial charge in [0.15, 0.2) is 5.78 Å². The highest BCUT2D eigenvalue weighted by Gasteiger charge is 2.65. The van der Waals surface area contributed by atoms with E-state index in [1.165, 1.54) is 0 Å². The first-order valence-electron chi connectivity index (χ1n) is 35.8. The predicted molar refractivity (Wildman–Crippen MR) is 379 cm³/mol. The average molecular weight is 1350 g/mol. The number of carbonyl (C=O) groups is 3. The van der Waals surface area contributed by atoms with Crippen LogP contribution in [-0.2, 0) is 56.3 Å². The minimum absolute atomic E-state index is 0.0110. The van der Waals surface area contributed by atoms with Crippen LogP contribution in [0.3, 0.4) is 0 Å². The molecule has 4 aromatic rings. The molecule has 0 N–H and O–H groups in total. The van der Waals surface area contributed by atoms with E-state index in [0.717, 1.165) is 44.7 Å². The Kier molecular flexibility index (Phi) is 20.7. The van der Waals surface area contributed by atoms with Gasteiger partial charge in [-0.25, -0.2) is 4.79 Å². The molecule has 0 spiro atoms. The summed E-state index contributed by atoms with van der Waals surface area (Å²) < 4.78 is 73.2. The maximum atomic E-state index is 15.4. The van der Waals surface area contributed by atoms with E-state index in [9.17, 15) is 4.79 Å². The first-order valence-corrected chi connectivity index (χ1v) is 39.6. The van der Waals surface area contributed by atoms with Gasteiger partial charge in [-0.1, -0.05) is 196 Å². The van der Waals surface area contributed by atoms with Gasteiger partial charge in [-0.2, -0.15) is 0 Å². The molecule has 8 aliphatic rings. The number of carbonyl (C=O) groups excluding carboxylic acids is 3. The minimum atomic E-state index is -3.42. The second kappa shape index (κ2) is 28.1. The summed E-state index contributed by atoms with van der Waals surface area (Å²) in [6, 6.07) is 42.6. The normalized spacial score (nSPS) is 34.4. The maximum absolute atomic E-state index is 15.4. The van der Waals surface area contributed by atoms with E-state index in [1.54, 1.807) is 11.0 Å². The molecule has 8 aliphatic heterocycles. The molecule has 14 nitrogen and oxygen atoms in total. The molecule has 12 rings (SSSR count). The molecule has 0 radical (unpaired) electrons. The Morgan fingerprint density at radius 3 is 1.69 bits per heavy atom. The van der Waals surface area contributed by atoms with Gasteiger partial charge in [0, 0.05) is 38.5 Å². The van der Waals surface area contributed by atoms with E-state index in [4.69, 9.17) is 46.7 Å². The Balaban J connectivity index is 0.937. The SMILES string of the molecule is C=C1C[C@@H]2/C=C/C(=O)C[C@H]3O[C@H]4[C@@H](O[Si](c5ccccc5)(c5ccccc5)C(C)(C)C)[C@H]5O[C@H](CC[C@@H]5O[C@H]4[C@H]3O[Si](c3ccccc3)(c3ccccc3)C(C)(C)C)CC(=O)C[C@H]3C(C[C@H]4O[C@@H](CCC1O2)C[C@@H](C)C4=C)O[C@H](C[C@H]1CN(C(=O)OC(C)(C)C)C(C)(C)O1)[C@@H]3C. The van der Waals surface area contributed by atoms with E-state index in [1.807, 2.05) is 40.7 Å². The monoisotopic (exact) mass is 1350 g/mol. The lowest BCUT2D eigenvalue weighted by atomic mass is 9.78. The highest BCUT2D eigenvalue weighted by atomic mass is 28.4. The molecule has 518 valence electrons. The number of ether oxygens (including phenoxy) is 8. The van der Waals surface area contributed by atoms with Gasteiger partial charge in [0.1, 0.15) is 47.6 Å². The molecule has 0 aromatic heterocycles. The van der Waals surface area contributed by atoms with Crippen molar-refractivity contribution in [3.05, 3.63) is 158 Å². The van der Waals surface area contributed by atoms with Gasteiger partial charge < -0.3 is 46.7 Å². The lowest BCUT2D eigenvalue weighted by Crippen LogP contribution is -2.73. The van der Waals surface area contributed by atoms with Crippen LogP contribution in [0.4, 0.5) is 4.79 Å².